The fourth-order valence-electron chi connectivity index (χ4n) is 4.02. The van der Waals surface area contributed by atoms with Crippen LogP contribution in [0.4, 0.5) is 5.69 Å². The third kappa shape index (κ3) is 3.51. The number of carbonyl (C=O) groups is 1. The van der Waals surface area contributed by atoms with Crippen LogP contribution in [0.15, 0.2) is 77.6 Å². The lowest BCUT2D eigenvalue weighted by Crippen LogP contribution is -2.37. The van der Waals surface area contributed by atoms with Crippen molar-refractivity contribution in [1.29, 1.82) is 0 Å². The molecule has 6 heteroatoms. The van der Waals surface area contributed by atoms with Gasteiger partial charge < -0.3 is 9.64 Å². The van der Waals surface area contributed by atoms with E-state index in [2.05, 4.69) is 4.90 Å². The number of hydrogen-bond donors (Lipinski definition) is 0. The van der Waals surface area contributed by atoms with Gasteiger partial charge in [0, 0.05) is 35.3 Å². The zero-order valence-electron chi connectivity index (χ0n) is 16.9. The van der Waals surface area contributed by atoms with Crippen LogP contribution >= 0.6 is 0 Å². The van der Waals surface area contributed by atoms with Gasteiger partial charge in [-0.3, -0.25) is 9.59 Å². The minimum atomic E-state index is -0.193. The van der Waals surface area contributed by atoms with Crippen LogP contribution in [0, 0.1) is 0 Å². The molecule has 3 aromatic carbocycles. The summed E-state index contributed by atoms with van der Waals surface area (Å²) in [5, 5.41) is 6.17. The fraction of sp³-hybridized carbons (Fsp3) is 0.160. The molecule has 4 aromatic rings. The van der Waals surface area contributed by atoms with Gasteiger partial charge in [0.1, 0.15) is 0 Å². The smallest absolute Gasteiger partial charge is 0.279 e. The third-order valence-corrected chi connectivity index (χ3v) is 5.59. The molecule has 0 atom stereocenters. The second-order valence-electron chi connectivity index (χ2n) is 7.44. The highest BCUT2D eigenvalue weighted by Crippen LogP contribution is 2.27. The number of aldehydes is 1. The second-order valence-corrected chi connectivity index (χ2v) is 7.44. The van der Waals surface area contributed by atoms with E-state index in [9.17, 15) is 9.59 Å². The topological polar surface area (TPSA) is 64.4 Å². The summed E-state index contributed by atoms with van der Waals surface area (Å²) >= 11 is 0. The summed E-state index contributed by atoms with van der Waals surface area (Å²) in [5.74, 6) is 0. The van der Waals surface area contributed by atoms with Gasteiger partial charge in [0.05, 0.1) is 30.0 Å². The molecule has 1 saturated heterocycles. The number of fused-ring (bicyclic) bond motifs is 1. The first kappa shape index (κ1) is 19.2. The zero-order chi connectivity index (χ0) is 21.2. The Labute approximate surface area is 179 Å². The van der Waals surface area contributed by atoms with Gasteiger partial charge in [0.2, 0.25) is 0 Å². The average Bonchev–Trinajstić information content (AvgIpc) is 2.85. The van der Waals surface area contributed by atoms with E-state index in [1.807, 2.05) is 60.7 Å². The second kappa shape index (κ2) is 8.16. The number of hydrogen-bond acceptors (Lipinski definition) is 5. The molecular formula is C25H21N3O3. The number of morpholine rings is 1. The van der Waals surface area contributed by atoms with Crippen molar-refractivity contribution in [3.8, 4) is 16.9 Å². The largest absolute Gasteiger partial charge is 0.378 e. The Morgan fingerprint density at radius 1 is 0.871 bits per heavy atom. The van der Waals surface area contributed by atoms with Gasteiger partial charge in [0.15, 0.2) is 6.29 Å². The molecule has 1 aliphatic heterocycles. The molecule has 31 heavy (non-hydrogen) atoms. The van der Waals surface area contributed by atoms with Crippen LogP contribution in [-0.2, 0) is 4.74 Å². The summed E-state index contributed by atoms with van der Waals surface area (Å²) in [5.41, 5.74) is 3.48. The number of ether oxygens (including phenoxy) is 1. The highest BCUT2D eigenvalue weighted by Gasteiger charge is 2.18. The average molecular weight is 411 g/mol. The first-order chi connectivity index (χ1) is 15.3. The predicted molar refractivity (Wildman–Crippen MR) is 121 cm³/mol. The van der Waals surface area contributed by atoms with E-state index in [4.69, 9.17) is 9.84 Å². The van der Waals surface area contributed by atoms with E-state index in [1.165, 1.54) is 4.68 Å². The summed E-state index contributed by atoms with van der Waals surface area (Å²) in [7, 11) is 0. The van der Waals surface area contributed by atoms with Crippen molar-refractivity contribution in [2.45, 2.75) is 0 Å². The van der Waals surface area contributed by atoms with E-state index in [-0.39, 0.29) is 5.56 Å². The maximum absolute atomic E-state index is 13.4. The Morgan fingerprint density at radius 2 is 1.58 bits per heavy atom. The van der Waals surface area contributed by atoms with E-state index in [0.717, 1.165) is 28.6 Å². The molecule has 2 heterocycles. The number of nitrogens with zero attached hydrogens (tertiary/aromatic N) is 3. The standard InChI is InChI=1S/C25H21N3O3/c29-17-19-10-11-20(16-23(19)27-12-14-31-15-13-27)28-25(30)22-9-5-4-8-21(22)24(26-28)18-6-2-1-3-7-18/h1-11,16-17H,12-15H2. The van der Waals surface area contributed by atoms with E-state index < -0.39 is 0 Å². The van der Waals surface area contributed by atoms with Crippen LogP contribution in [0.5, 0.6) is 0 Å². The van der Waals surface area contributed by atoms with E-state index in [1.54, 1.807) is 12.1 Å². The maximum atomic E-state index is 13.4. The van der Waals surface area contributed by atoms with Crippen molar-refractivity contribution in [2.75, 3.05) is 31.2 Å². The van der Waals surface area contributed by atoms with Crippen molar-refractivity contribution in [3.05, 3.63) is 88.7 Å². The lowest BCUT2D eigenvalue weighted by molar-refractivity contribution is 0.111. The summed E-state index contributed by atoms with van der Waals surface area (Å²) in [6.45, 7) is 2.60. The number of benzene rings is 3. The van der Waals surface area contributed by atoms with Gasteiger partial charge in [-0.05, 0) is 24.3 Å². The molecule has 0 radical (unpaired) electrons. The lowest BCUT2D eigenvalue weighted by Gasteiger charge is -2.30. The van der Waals surface area contributed by atoms with Crippen LogP contribution in [0.2, 0.25) is 0 Å². The lowest BCUT2D eigenvalue weighted by atomic mass is 10.0. The number of carbonyl (C=O) groups excluding carboxylic acids is 1. The highest BCUT2D eigenvalue weighted by molar-refractivity contribution is 5.94. The van der Waals surface area contributed by atoms with Gasteiger partial charge in [0.25, 0.3) is 5.56 Å². The Hall–Kier alpha value is -3.77. The molecule has 0 saturated carbocycles. The van der Waals surface area contributed by atoms with Crippen LogP contribution in [0.1, 0.15) is 10.4 Å². The van der Waals surface area contributed by atoms with Gasteiger partial charge >= 0.3 is 0 Å². The van der Waals surface area contributed by atoms with Crippen LogP contribution < -0.4 is 10.5 Å². The van der Waals surface area contributed by atoms with Crippen molar-refractivity contribution >= 4 is 22.7 Å². The molecule has 1 aliphatic rings. The van der Waals surface area contributed by atoms with Crippen LogP contribution in [0.25, 0.3) is 27.7 Å². The first-order valence-corrected chi connectivity index (χ1v) is 10.3. The minimum absolute atomic E-state index is 0.193. The molecule has 1 fully saturated rings. The quantitative estimate of drug-likeness (QED) is 0.479. The summed E-state index contributed by atoms with van der Waals surface area (Å²) < 4.78 is 6.88. The normalized spacial score (nSPS) is 14.0. The van der Waals surface area contributed by atoms with Crippen molar-refractivity contribution < 1.29 is 9.53 Å². The molecule has 154 valence electrons. The molecule has 0 bridgehead atoms. The molecule has 0 unspecified atom stereocenters. The first-order valence-electron chi connectivity index (χ1n) is 10.3. The molecule has 6 nitrogen and oxygen atoms in total. The summed E-state index contributed by atoms with van der Waals surface area (Å²) in [4.78, 5) is 27.1. The molecular weight excluding hydrogens is 390 g/mol. The summed E-state index contributed by atoms with van der Waals surface area (Å²) in [6.07, 6.45) is 0.848. The molecule has 0 amide bonds. The Kier molecular flexibility index (Phi) is 5.06. The Balaban J connectivity index is 1.73. The fourth-order valence-corrected chi connectivity index (χ4v) is 4.02. The Morgan fingerprint density at radius 3 is 2.32 bits per heavy atom. The predicted octanol–water partition coefficient (Wildman–Crippen LogP) is 3.70. The van der Waals surface area contributed by atoms with Gasteiger partial charge in [-0.1, -0.05) is 48.5 Å². The zero-order valence-corrected chi connectivity index (χ0v) is 16.9. The van der Waals surface area contributed by atoms with Gasteiger partial charge in [-0.2, -0.15) is 9.78 Å². The molecule has 0 N–H and O–H groups in total. The molecule has 0 aliphatic carbocycles. The molecule has 5 rings (SSSR count). The summed E-state index contributed by atoms with van der Waals surface area (Å²) in [6, 6.07) is 22.7. The monoisotopic (exact) mass is 411 g/mol. The maximum Gasteiger partial charge on any atom is 0.279 e. The molecule has 0 spiro atoms. The van der Waals surface area contributed by atoms with E-state index in [0.29, 0.717) is 42.9 Å². The van der Waals surface area contributed by atoms with E-state index >= 15 is 0 Å². The minimum Gasteiger partial charge on any atom is -0.378 e. The number of aromatic nitrogens is 2. The number of rotatable bonds is 4. The Bertz CT molecular complexity index is 1310. The van der Waals surface area contributed by atoms with Crippen LogP contribution in [0.3, 0.4) is 0 Å². The van der Waals surface area contributed by atoms with Gasteiger partial charge in [-0.15, -0.1) is 0 Å². The van der Waals surface area contributed by atoms with Crippen molar-refractivity contribution in [2.24, 2.45) is 0 Å². The third-order valence-electron chi connectivity index (χ3n) is 5.59. The van der Waals surface area contributed by atoms with Gasteiger partial charge in [-0.25, -0.2) is 0 Å². The van der Waals surface area contributed by atoms with Crippen molar-refractivity contribution in [3.63, 3.8) is 0 Å². The SMILES string of the molecule is O=Cc1ccc(-n2nc(-c3ccccc3)c3ccccc3c2=O)cc1N1CCOCC1. The number of anilines is 1. The van der Waals surface area contributed by atoms with Crippen molar-refractivity contribution in [1.82, 2.24) is 9.78 Å². The highest BCUT2D eigenvalue weighted by atomic mass is 16.5. The molecule has 1 aromatic heterocycles. The van der Waals surface area contributed by atoms with Crippen LogP contribution in [-0.4, -0.2) is 42.4 Å².